The molecule has 0 radical (unpaired) electrons. The van der Waals surface area contributed by atoms with Crippen molar-refractivity contribution in [1.29, 1.82) is 0 Å². The van der Waals surface area contributed by atoms with Crippen LogP contribution in [0.5, 0.6) is 5.75 Å². The minimum atomic E-state index is -3.05. The molecule has 1 rings (SSSR count). The van der Waals surface area contributed by atoms with Crippen molar-refractivity contribution >= 4 is 16.4 Å². The van der Waals surface area contributed by atoms with E-state index in [2.05, 4.69) is 25.6 Å². The van der Waals surface area contributed by atoms with Gasteiger partial charge < -0.3 is 0 Å². The van der Waals surface area contributed by atoms with Crippen molar-refractivity contribution in [2.24, 2.45) is 0 Å². The zero-order valence-electron chi connectivity index (χ0n) is 9.10. The van der Waals surface area contributed by atoms with E-state index in [0.29, 0.717) is 10.8 Å². The van der Waals surface area contributed by atoms with Crippen molar-refractivity contribution in [2.75, 3.05) is 0 Å². The summed E-state index contributed by atoms with van der Waals surface area (Å²) in [6, 6.07) is 5.31. The van der Waals surface area contributed by atoms with Gasteiger partial charge in [0.05, 0.1) is 0 Å². The second-order valence-corrected chi connectivity index (χ2v) is 6.25. The Labute approximate surface area is 102 Å². The van der Waals surface area contributed by atoms with Gasteiger partial charge in [-0.3, -0.25) is 0 Å². The van der Waals surface area contributed by atoms with Crippen molar-refractivity contribution < 1.29 is 24.7 Å². The van der Waals surface area contributed by atoms with Gasteiger partial charge >= 0.3 is 102 Å². The van der Waals surface area contributed by atoms with Gasteiger partial charge in [0.2, 0.25) is 0 Å². The second-order valence-electron chi connectivity index (χ2n) is 4.38. The fraction of sp³-hybridized carbons (Fsp3) is 0.364. The van der Waals surface area contributed by atoms with Crippen LogP contribution in [0.1, 0.15) is 26.3 Å². The van der Waals surface area contributed by atoms with Crippen LogP contribution in [0, 0.1) is 0 Å². The van der Waals surface area contributed by atoms with Crippen LogP contribution in [-0.4, -0.2) is 4.82 Å². The van der Waals surface area contributed by atoms with Gasteiger partial charge in [-0.1, -0.05) is 0 Å². The summed E-state index contributed by atoms with van der Waals surface area (Å²) in [7, 11) is 0. The van der Waals surface area contributed by atoms with Crippen molar-refractivity contribution in [3.63, 3.8) is 0 Å². The molecule has 0 amide bonds. The fourth-order valence-corrected chi connectivity index (χ4v) is 1.99. The van der Waals surface area contributed by atoms with Crippen molar-refractivity contribution in [1.82, 2.24) is 0 Å². The summed E-state index contributed by atoms with van der Waals surface area (Å²) in [5.41, 5.74) is 1.00. The Kier molecular flexibility index (Phi) is 4.10. The molecule has 0 N–H and O–H groups in total. The number of benzene rings is 1. The fourth-order valence-electron chi connectivity index (χ4n) is 1.18. The molecule has 0 saturated carbocycles. The molecular formula is C11H14ClFOTi. The molecule has 1 nitrogen and oxygen atoms in total. The number of hydrogen-bond donors (Lipinski definition) is 0. The van der Waals surface area contributed by atoms with E-state index >= 15 is 0 Å². The van der Waals surface area contributed by atoms with Crippen LogP contribution in [0.25, 0.3) is 0 Å². The molecule has 1 aromatic carbocycles. The normalized spacial score (nSPS) is 11.3. The van der Waals surface area contributed by atoms with Gasteiger partial charge in [0.25, 0.3) is 0 Å². The average molecular weight is 265 g/mol. The van der Waals surface area contributed by atoms with Gasteiger partial charge in [0.15, 0.2) is 0 Å². The van der Waals surface area contributed by atoms with Crippen LogP contribution in [0.4, 0.5) is 3.09 Å². The van der Waals surface area contributed by atoms with E-state index in [0.717, 1.165) is 5.56 Å². The summed E-state index contributed by atoms with van der Waals surface area (Å²) in [5.74, 6) is 0.486. The predicted octanol–water partition coefficient (Wildman–Crippen LogP) is 3.87. The number of hydrogen-bond acceptors (Lipinski definition) is 1. The standard InChI is InChI=1S/C10H13ClO.CH2.FH.Ti/c1-10(2,3)7-4-8(11)6-9(12)5-7;;;/h4-6,12H,1-3H3;1H2;1H;/q;;;+2/p-2. The van der Waals surface area contributed by atoms with Gasteiger partial charge in [-0.25, -0.2) is 0 Å². The molecule has 0 aromatic heterocycles. The Morgan fingerprint density at radius 2 is 1.93 bits per heavy atom. The number of halogens is 2. The van der Waals surface area contributed by atoms with Gasteiger partial charge in [-0.05, 0) is 0 Å². The third-order valence-electron chi connectivity index (χ3n) is 1.97. The van der Waals surface area contributed by atoms with Crippen LogP contribution in [0.2, 0.25) is 5.02 Å². The maximum absolute atomic E-state index is 12.7. The van der Waals surface area contributed by atoms with E-state index < -0.39 is 18.3 Å². The van der Waals surface area contributed by atoms with E-state index in [-0.39, 0.29) is 5.41 Å². The van der Waals surface area contributed by atoms with Crippen LogP contribution < -0.4 is 3.32 Å². The number of rotatable bonds is 2. The first kappa shape index (κ1) is 12.9. The zero-order valence-corrected chi connectivity index (χ0v) is 11.4. The molecule has 0 aliphatic rings. The van der Waals surface area contributed by atoms with Gasteiger partial charge in [-0.2, -0.15) is 0 Å². The molecule has 0 fully saturated rings. The van der Waals surface area contributed by atoms with E-state index in [9.17, 15) is 3.09 Å². The molecule has 0 saturated heterocycles. The Bertz CT molecular complexity index is 385. The molecule has 0 atom stereocenters. The summed E-state index contributed by atoms with van der Waals surface area (Å²) in [6.07, 6.45) is 0. The summed E-state index contributed by atoms with van der Waals surface area (Å²) >= 11 is 2.89. The molecular weight excluding hydrogens is 250 g/mol. The first-order valence-corrected chi connectivity index (χ1v) is 7.33. The van der Waals surface area contributed by atoms with E-state index in [4.69, 9.17) is 14.9 Å². The van der Waals surface area contributed by atoms with E-state index in [1.165, 1.54) is 0 Å². The first-order chi connectivity index (χ1) is 6.79. The average Bonchev–Trinajstić information content (AvgIpc) is 1.99. The van der Waals surface area contributed by atoms with Crippen molar-refractivity contribution in [3.05, 3.63) is 28.8 Å². The molecule has 0 aliphatic heterocycles. The third-order valence-corrected chi connectivity index (χ3v) is 2.90. The molecule has 82 valence electrons. The van der Waals surface area contributed by atoms with E-state index in [1.807, 2.05) is 12.1 Å². The molecule has 0 spiro atoms. The maximum atomic E-state index is 12.7. The summed E-state index contributed by atoms with van der Waals surface area (Å²) < 4.78 is 17.8. The summed E-state index contributed by atoms with van der Waals surface area (Å²) in [6.45, 7) is 6.21. The summed E-state index contributed by atoms with van der Waals surface area (Å²) in [5, 5.41) is 0.567. The predicted molar refractivity (Wildman–Crippen MR) is 59.0 cm³/mol. The Hall–Kier alpha value is -0.176. The monoisotopic (exact) mass is 264 g/mol. The second kappa shape index (κ2) is 4.77. The molecule has 0 aliphatic carbocycles. The van der Waals surface area contributed by atoms with Crippen LogP contribution in [0.3, 0.4) is 0 Å². The van der Waals surface area contributed by atoms with Gasteiger partial charge in [-0.15, -0.1) is 0 Å². The molecule has 1 aromatic rings. The molecule has 0 unspecified atom stereocenters. The van der Waals surface area contributed by atoms with Gasteiger partial charge in [0, 0.05) is 0 Å². The molecule has 0 bridgehead atoms. The topological polar surface area (TPSA) is 9.23 Å². The van der Waals surface area contributed by atoms with Crippen LogP contribution >= 0.6 is 11.6 Å². The Balaban J connectivity index is 3.11. The zero-order chi connectivity index (χ0) is 11.6. The minimum absolute atomic E-state index is 0.0271. The van der Waals surface area contributed by atoms with Crippen LogP contribution in [0.15, 0.2) is 18.2 Å². The third kappa shape index (κ3) is 4.06. The van der Waals surface area contributed by atoms with Crippen LogP contribution in [-0.2, 0) is 23.7 Å². The Morgan fingerprint density at radius 1 is 1.33 bits per heavy atom. The summed E-state index contributed by atoms with van der Waals surface area (Å²) in [4.78, 5) is 3.29. The first-order valence-electron chi connectivity index (χ1n) is 4.62. The van der Waals surface area contributed by atoms with Crippen molar-refractivity contribution in [2.45, 2.75) is 26.2 Å². The quantitative estimate of drug-likeness (QED) is 0.737. The van der Waals surface area contributed by atoms with E-state index in [1.54, 1.807) is 6.07 Å². The SMILES string of the molecule is [CH2]=[Ti]([F])[O]c1cc(Cl)cc(C(C)(C)C)c1. The van der Waals surface area contributed by atoms with Gasteiger partial charge in [0.1, 0.15) is 0 Å². The molecule has 4 heteroatoms. The molecule has 15 heavy (non-hydrogen) atoms. The molecule has 0 heterocycles. The Morgan fingerprint density at radius 3 is 2.40 bits per heavy atom. The van der Waals surface area contributed by atoms with Crippen molar-refractivity contribution in [3.8, 4) is 5.75 Å².